The van der Waals surface area contributed by atoms with Crippen LogP contribution in [0.1, 0.15) is 45.4 Å². The van der Waals surface area contributed by atoms with Gasteiger partial charge in [0, 0.05) is 19.2 Å². The molecule has 0 radical (unpaired) electrons. The molecular weight excluding hydrogens is 212 g/mol. The molecule has 17 heavy (non-hydrogen) atoms. The minimum absolute atomic E-state index is 0.357. The second-order valence-corrected chi connectivity index (χ2v) is 5.92. The van der Waals surface area contributed by atoms with E-state index >= 15 is 0 Å². The van der Waals surface area contributed by atoms with Gasteiger partial charge in [-0.05, 0) is 63.6 Å². The van der Waals surface area contributed by atoms with Crippen LogP contribution in [0.3, 0.4) is 0 Å². The summed E-state index contributed by atoms with van der Waals surface area (Å²) in [4.78, 5) is 2.56. The number of hydrogen-bond acceptors (Lipinski definition) is 3. The number of hydrogen-bond donors (Lipinski definition) is 2. The summed E-state index contributed by atoms with van der Waals surface area (Å²) in [5.74, 6) is 0. The predicted molar refractivity (Wildman–Crippen MR) is 71.1 cm³/mol. The number of aliphatic hydroxyl groups excluding tert-OH is 1. The van der Waals surface area contributed by atoms with E-state index in [1.165, 1.54) is 51.7 Å². The molecule has 0 aromatic carbocycles. The van der Waals surface area contributed by atoms with E-state index in [0.717, 1.165) is 13.0 Å². The molecule has 0 bridgehead atoms. The van der Waals surface area contributed by atoms with Crippen molar-refractivity contribution in [2.45, 2.75) is 51.5 Å². The highest BCUT2D eigenvalue weighted by Gasteiger charge is 2.41. The van der Waals surface area contributed by atoms with Crippen molar-refractivity contribution in [2.24, 2.45) is 5.41 Å². The van der Waals surface area contributed by atoms with Gasteiger partial charge in [0.2, 0.25) is 0 Å². The van der Waals surface area contributed by atoms with Gasteiger partial charge in [0.05, 0.1) is 0 Å². The van der Waals surface area contributed by atoms with Crippen LogP contribution in [-0.2, 0) is 0 Å². The fourth-order valence-electron chi connectivity index (χ4n) is 2.97. The largest absolute Gasteiger partial charge is 0.396 e. The van der Waals surface area contributed by atoms with Crippen molar-refractivity contribution in [2.75, 3.05) is 32.8 Å². The number of aliphatic hydroxyl groups is 1. The molecule has 1 saturated heterocycles. The molecule has 1 atom stereocenters. The monoisotopic (exact) mass is 240 g/mol. The fraction of sp³-hybridized carbons (Fsp3) is 1.00. The van der Waals surface area contributed by atoms with Crippen LogP contribution in [-0.4, -0.2) is 48.8 Å². The summed E-state index contributed by atoms with van der Waals surface area (Å²) < 4.78 is 0. The van der Waals surface area contributed by atoms with E-state index in [1.807, 2.05) is 0 Å². The summed E-state index contributed by atoms with van der Waals surface area (Å²) in [5, 5.41) is 12.8. The van der Waals surface area contributed by atoms with Crippen LogP contribution in [0.5, 0.6) is 0 Å². The Hall–Kier alpha value is -0.120. The minimum Gasteiger partial charge on any atom is -0.396 e. The van der Waals surface area contributed by atoms with Gasteiger partial charge in [-0.25, -0.2) is 0 Å². The minimum atomic E-state index is 0.357. The summed E-state index contributed by atoms with van der Waals surface area (Å²) in [6.07, 6.45) is 7.57. The van der Waals surface area contributed by atoms with Crippen LogP contribution < -0.4 is 5.32 Å². The van der Waals surface area contributed by atoms with Crippen molar-refractivity contribution in [1.29, 1.82) is 0 Å². The van der Waals surface area contributed by atoms with Gasteiger partial charge in [-0.3, -0.25) is 0 Å². The van der Waals surface area contributed by atoms with Gasteiger partial charge in [0.1, 0.15) is 0 Å². The summed E-state index contributed by atoms with van der Waals surface area (Å²) in [6.45, 7) is 7.47. The SMILES string of the molecule is CCN1CCCC(NCC2(CCO)CC2)CC1. The second-order valence-electron chi connectivity index (χ2n) is 5.92. The number of nitrogens with zero attached hydrogens (tertiary/aromatic N) is 1. The van der Waals surface area contributed by atoms with E-state index in [1.54, 1.807) is 0 Å². The maximum absolute atomic E-state index is 9.06. The van der Waals surface area contributed by atoms with Gasteiger partial charge in [-0.2, -0.15) is 0 Å². The van der Waals surface area contributed by atoms with Gasteiger partial charge in [-0.15, -0.1) is 0 Å². The van der Waals surface area contributed by atoms with Crippen LogP contribution in [0.25, 0.3) is 0 Å². The standard InChI is InChI=1S/C14H28N2O/c1-2-16-9-3-4-13(5-10-16)15-12-14(6-7-14)8-11-17/h13,15,17H,2-12H2,1H3. The highest BCUT2D eigenvalue weighted by atomic mass is 16.3. The Morgan fingerprint density at radius 3 is 2.76 bits per heavy atom. The Morgan fingerprint density at radius 1 is 1.29 bits per heavy atom. The van der Waals surface area contributed by atoms with Crippen LogP contribution in [0.15, 0.2) is 0 Å². The summed E-state index contributed by atoms with van der Waals surface area (Å²) in [6, 6.07) is 0.711. The molecule has 0 amide bonds. The molecule has 2 aliphatic rings. The molecule has 1 aliphatic heterocycles. The fourth-order valence-corrected chi connectivity index (χ4v) is 2.97. The quantitative estimate of drug-likeness (QED) is 0.740. The van der Waals surface area contributed by atoms with E-state index < -0.39 is 0 Å². The molecular formula is C14H28N2O. The molecule has 2 fully saturated rings. The molecule has 2 N–H and O–H groups in total. The predicted octanol–water partition coefficient (Wildman–Crippen LogP) is 1.61. The molecule has 3 nitrogen and oxygen atoms in total. The average molecular weight is 240 g/mol. The normalized spacial score (nSPS) is 28.9. The van der Waals surface area contributed by atoms with E-state index in [0.29, 0.717) is 18.1 Å². The van der Waals surface area contributed by atoms with Crippen LogP contribution in [0, 0.1) is 5.41 Å². The van der Waals surface area contributed by atoms with Crippen LogP contribution >= 0.6 is 0 Å². The zero-order valence-electron chi connectivity index (χ0n) is 11.2. The molecule has 0 spiro atoms. The topological polar surface area (TPSA) is 35.5 Å². The van der Waals surface area contributed by atoms with E-state index in [4.69, 9.17) is 5.11 Å². The Kier molecular flexibility index (Phi) is 4.83. The maximum atomic E-state index is 9.06. The summed E-state index contributed by atoms with van der Waals surface area (Å²) >= 11 is 0. The van der Waals surface area contributed by atoms with Crippen LogP contribution in [0.2, 0.25) is 0 Å². The first-order valence-electron chi connectivity index (χ1n) is 7.34. The van der Waals surface area contributed by atoms with E-state index in [-0.39, 0.29) is 0 Å². The number of nitrogens with one attached hydrogen (secondary N) is 1. The molecule has 1 saturated carbocycles. The Bertz CT molecular complexity index is 228. The van der Waals surface area contributed by atoms with Crippen molar-refractivity contribution in [3.05, 3.63) is 0 Å². The Labute approximate surface area is 106 Å². The van der Waals surface area contributed by atoms with E-state index in [2.05, 4.69) is 17.1 Å². The first-order valence-corrected chi connectivity index (χ1v) is 7.34. The molecule has 1 unspecified atom stereocenters. The van der Waals surface area contributed by atoms with E-state index in [9.17, 15) is 0 Å². The third-order valence-electron chi connectivity index (χ3n) is 4.63. The maximum Gasteiger partial charge on any atom is 0.0436 e. The lowest BCUT2D eigenvalue weighted by Crippen LogP contribution is -2.35. The molecule has 1 aliphatic carbocycles. The van der Waals surface area contributed by atoms with Crippen molar-refractivity contribution < 1.29 is 5.11 Å². The number of rotatable bonds is 6. The third-order valence-corrected chi connectivity index (χ3v) is 4.63. The molecule has 0 aromatic heterocycles. The Balaban J connectivity index is 1.69. The molecule has 3 heteroatoms. The highest BCUT2D eigenvalue weighted by Crippen LogP contribution is 2.48. The smallest absolute Gasteiger partial charge is 0.0436 e. The first-order chi connectivity index (χ1) is 8.28. The summed E-state index contributed by atoms with van der Waals surface area (Å²) in [5.41, 5.74) is 0.464. The zero-order valence-corrected chi connectivity index (χ0v) is 11.2. The average Bonchev–Trinajstić information content (AvgIpc) is 3.11. The summed E-state index contributed by atoms with van der Waals surface area (Å²) in [7, 11) is 0. The molecule has 1 heterocycles. The van der Waals surface area contributed by atoms with Crippen molar-refractivity contribution in [3.8, 4) is 0 Å². The lowest BCUT2D eigenvalue weighted by molar-refractivity contribution is 0.240. The number of likely N-dealkylation sites (tertiary alicyclic amines) is 1. The van der Waals surface area contributed by atoms with Crippen LogP contribution in [0.4, 0.5) is 0 Å². The van der Waals surface area contributed by atoms with Gasteiger partial charge >= 0.3 is 0 Å². The molecule has 2 rings (SSSR count). The van der Waals surface area contributed by atoms with Crippen molar-refractivity contribution >= 4 is 0 Å². The first kappa shape index (κ1) is 13.3. The van der Waals surface area contributed by atoms with Crippen molar-refractivity contribution in [3.63, 3.8) is 0 Å². The lowest BCUT2D eigenvalue weighted by atomic mass is 10.0. The van der Waals surface area contributed by atoms with Crippen molar-refractivity contribution in [1.82, 2.24) is 10.2 Å². The van der Waals surface area contributed by atoms with Gasteiger partial charge in [0.15, 0.2) is 0 Å². The van der Waals surface area contributed by atoms with Gasteiger partial charge in [0.25, 0.3) is 0 Å². The zero-order chi connectivity index (χ0) is 12.1. The van der Waals surface area contributed by atoms with Gasteiger partial charge in [-0.1, -0.05) is 6.92 Å². The highest BCUT2D eigenvalue weighted by molar-refractivity contribution is 4.95. The lowest BCUT2D eigenvalue weighted by Gasteiger charge is -2.21. The van der Waals surface area contributed by atoms with Gasteiger partial charge < -0.3 is 15.3 Å². The molecule has 100 valence electrons. The molecule has 0 aromatic rings. The Morgan fingerprint density at radius 2 is 2.12 bits per heavy atom. The third kappa shape index (κ3) is 3.94. The second kappa shape index (κ2) is 6.17.